The van der Waals surface area contributed by atoms with Gasteiger partial charge in [0, 0.05) is 12.6 Å². The molecule has 0 fully saturated rings. The van der Waals surface area contributed by atoms with Crippen LogP contribution in [0.3, 0.4) is 0 Å². The molecule has 0 saturated heterocycles. The summed E-state index contributed by atoms with van der Waals surface area (Å²) >= 11 is 0. The summed E-state index contributed by atoms with van der Waals surface area (Å²) in [7, 11) is 1.81. The van der Waals surface area contributed by atoms with Gasteiger partial charge in [-0.15, -0.1) is 0 Å². The quantitative estimate of drug-likeness (QED) is 0.902. The second-order valence-electron chi connectivity index (χ2n) is 4.08. The fourth-order valence-corrected chi connectivity index (χ4v) is 1.79. The molecule has 0 aliphatic carbocycles. The molecule has 5 heteroatoms. The fraction of sp³-hybridized carbons (Fsp3) is 0.308. The van der Waals surface area contributed by atoms with Gasteiger partial charge in [0.1, 0.15) is 6.61 Å². The zero-order valence-electron chi connectivity index (χ0n) is 10.4. The van der Waals surface area contributed by atoms with Crippen molar-refractivity contribution < 1.29 is 14.2 Å². The lowest BCUT2D eigenvalue weighted by Gasteiger charge is -2.10. The molecule has 1 N–H and O–H groups in total. The van der Waals surface area contributed by atoms with Gasteiger partial charge in [0.15, 0.2) is 11.6 Å². The van der Waals surface area contributed by atoms with Gasteiger partial charge in [0.2, 0.25) is 0 Å². The van der Waals surface area contributed by atoms with Crippen molar-refractivity contribution in [2.75, 3.05) is 0 Å². The van der Waals surface area contributed by atoms with Crippen molar-refractivity contribution in [3.8, 4) is 5.75 Å². The van der Waals surface area contributed by atoms with E-state index in [1.165, 1.54) is 6.07 Å². The minimum absolute atomic E-state index is 0.0962. The van der Waals surface area contributed by atoms with E-state index in [-0.39, 0.29) is 19.0 Å². The number of aromatic nitrogens is 2. The molecule has 1 aromatic carbocycles. The summed E-state index contributed by atoms with van der Waals surface area (Å²) in [6.45, 7) is 1.84. The number of rotatable bonds is 4. The highest BCUT2D eigenvalue weighted by molar-refractivity contribution is 5.34. The van der Waals surface area contributed by atoms with Gasteiger partial charge in [-0.2, -0.15) is 5.10 Å². The molecule has 0 amide bonds. The van der Waals surface area contributed by atoms with Crippen molar-refractivity contribution in [2.24, 2.45) is 7.05 Å². The van der Waals surface area contributed by atoms with Crippen LogP contribution in [0.2, 0.25) is 0 Å². The fourth-order valence-electron chi connectivity index (χ4n) is 1.79. The molecule has 0 atom stereocenters. The Bertz CT molecular complexity index is 552. The first-order chi connectivity index (χ1) is 8.61. The molecule has 0 radical (unpaired) electrons. The third-order valence-electron chi connectivity index (χ3n) is 2.68. The molecule has 0 bridgehead atoms. The maximum Gasteiger partial charge on any atom is 0.165 e. The van der Waals surface area contributed by atoms with Crippen LogP contribution in [-0.2, 0) is 20.3 Å². The Morgan fingerprint density at radius 1 is 1.44 bits per heavy atom. The van der Waals surface area contributed by atoms with Gasteiger partial charge in [0.05, 0.1) is 18.0 Å². The van der Waals surface area contributed by atoms with Crippen LogP contribution in [0.15, 0.2) is 24.3 Å². The Labute approximate surface area is 105 Å². The summed E-state index contributed by atoms with van der Waals surface area (Å²) in [4.78, 5) is 0. The van der Waals surface area contributed by atoms with Crippen LogP contribution in [0.4, 0.5) is 4.39 Å². The zero-order chi connectivity index (χ0) is 13.1. The van der Waals surface area contributed by atoms with Gasteiger partial charge in [-0.25, -0.2) is 4.39 Å². The molecule has 0 unspecified atom stereocenters. The third-order valence-corrected chi connectivity index (χ3v) is 2.68. The van der Waals surface area contributed by atoms with Crippen LogP contribution in [0.5, 0.6) is 5.75 Å². The van der Waals surface area contributed by atoms with Gasteiger partial charge in [-0.05, 0) is 19.1 Å². The average molecular weight is 250 g/mol. The SMILES string of the molecule is Cc1cc(COc2c(F)cccc2CO)n(C)n1. The summed E-state index contributed by atoms with van der Waals surface area (Å²) in [6.07, 6.45) is 0. The van der Waals surface area contributed by atoms with Crippen molar-refractivity contribution in [1.82, 2.24) is 9.78 Å². The number of hydrogen-bond donors (Lipinski definition) is 1. The lowest BCUT2D eigenvalue weighted by Crippen LogP contribution is -2.05. The Balaban J connectivity index is 2.17. The number of aliphatic hydroxyl groups excluding tert-OH is 1. The van der Waals surface area contributed by atoms with Gasteiger partial charge in [-0.3, -0.25) is 4.68 Å². The minimum atomic E-state index is -0.472. The van der Waals surface area contributed by atoms with Crippen molar-refractivity contribution in [2.45, 2.75) is 20.1 Å². The first-order valence-corrected chi connectivity index (χ1v) is 5.62. The summed E-state index contributed by atoms with van der Waals surface area (Å²) in [5.41, 5.74) is 2.17. The molecule has 1 heterocycles. The van der Waals surface area contributed by atoms with Crippen molar-refractivity contribution >= 4 is 0 Å². The van der Waals surface area contributed by atoms with E-state index in [2.05, 4.69) is 5.10 Å². The number of nitrogens with zero attached hydrogens (tertiary/aromatic N) is 2. The molecule has 1 aromatic heterocycles. The minimum Gasteiger partial charge on any atom is -0.484 e. The largest absolute Gasteiger partial charge is 0.484 e. The van der Waals surface area contributed by atoms with Crippen LogP contribution in [0, 0.1) is 12.7 Å². The molecule has 4 nitrogen and oxygen atoms in total. The van der Waals surface area contributed by atoms with Crippen molar-refractivity contribution in [3.63, 3.8) is 0 Å². The summed E-state index contributed by atoms with van der Waals surface area (Å²) < 4.78 is 20.7. The van der Waals surface area contributed by atoms with E-state index in [0.29, 0.717) is 5.56 Å². The highest BCUT2D eigenvalue weighted by Crippen LogP contribution is 2.23. The predicted octanol–water partition coefficient (Wildman–Crippen LogP) is 1.94. The highest BCUT2D eigenvalue weighted by atomic mass is 19.1. The number of halogens is 1. The Hall–Kier alpha value is -1.88. The molecular formula is C13H15FN2O2. The van der Waals surface area contributed by atoms with Crippen molar-refractivity contribution in [3.05, 3.63) is 47.0 Å². The molecule has 2 aromatic rings. The van der Waals surface area contributed by atoms with Gasteiger partial charge in [0.25, 0.3) is 0 Å². The molecule has 96 valence electrons. The van der Waals surface area contributed by atoms with E-state index in [1.54, 1.807) is 23.9 Å². The predicted molar refractivity (Wildman–Crippen MR) is 64.6 cm³/mol. The van der Waals surface area contributed by atoms with Crippen LogP contribution >= 0.6 is 0 Å². The number of benzene rings is 1. The Kier molecular flexibility index (Phi) is 3.62. The zero-order valence-corrected chi connectivity index (χ0v) is 10.4. The topological polar surface area (TPSA) is 47.3 Å². The van der Waals surface area contributed by atoms with E-state index in [9.17, 15) is 4.39 Å². The number of aliphatic hydroxyl groups is 1. The molecule has 0 aliphatic heterocycles. The second kappa shape index (κ2) is 5.18. The number of para-hydroxylation sites is 1. The molecule has 18 heavy (non-hydrogen) atoms. The normalized spacial score (nSPS) is 10.7. The smallest absolute Gasteiger partial charge is 0.165 e. The highest BCUT2D eigenvalue weighted by Gasteiger charge is 2.10. The van der Waals surface area contributed by atoms with E-state index in [4.69, 9.17) is 9.84 Å². The van der Waals surface area contributed by atoms with Crippen LogP contribution in [0.25, 0.3) is 0 Å². The maximum atomic E-state index is 13.6. The number of hydrogen-bond acceptors (Lipinski definition) is 3. The molecule has 2 rings (SSSR count). The first-order valence-electron chi connectivity index (χ1n) is 5.62. The van der Waals surface area contributed by atoms with E-state index >= 15 is 0 Å². The standard InChI is InChI=1S/C13H15FN2O2/c1-9-6-11(16(2)15-9)8-18-13-10(7-17)4-3-5-12(13)14/h3-6,17H,7-8H2,1-2H3. The van der Waals surface area contributed by atoms with E-state index in [0.717, 1.165) is 11.4 Å². The van der Waals surface area contributed by atoms with Gasteiger partial charge < -0.3 is 9.84 Å². The Morgan fingerprint density at radius 3 is 2.83 bits per heavy atom. The van der Waals surface area contributed by atoms with Crippen LogP contribution in [0.1, 0.15) is 17.0 Å². The van der Waals surface area contributed by atoms with Gasteiger partial charge >= 0.3 is 0 Å². The monoisotopic (exact) mass is 250 g/mol. The summed E-state index contributed by atoms with van der Waals surface area (Å²) in [5.74, 6) is -0.376. The lowest BCUT2D eigenvalue weighted by molar-refractivity contribution is 0.247. The summed E-state index contributed by atoms with van der Waals surface area (Å²) in [6, 6.07) is 6.36. The van der Waals surface area contributed by atoms with Crippen LogP contribution in [-0.4, -0.2) is 14.9 Å². The van der Waals surface area contributed by atoms with E-state index < -0.39 is 5.82 Å². The Morgan fingerprint density at radius 2 is 2.22 bits per heavy atom. The average Bonchev–Trinajstić information content (AvgIpc) is 2.66. The maximum absolute atomic E-state index is 13.6. The number of ether oxygens (including phenoxy) is 1. The summed E-state index contributed by atoms with van der Waals surface area (Å²) in [5, 5.41) is 13.3. The first kappa shape index (κ1) is 12.6. The number of aryl methyl sites for hydroxylation is 2. The van der Waals surface area contributed by atoms with Gasteiger partial charge in [-0.1, -0.05) is 12.1 Å². The second-order valence-corrected chi connectivity index (χ2v) is 4.08. The molecule has 0 spiro atoms. The third kappa shape index (κ3) is 2.51. The molecular weight excluding hydrogens is 235 g/mol. The molecule has 0 saturated carbocycles. The van der Waals surface area contributed by atoms with Crippen molar-refractivity contribution in [1.29, 1.82) is 0 Å². The van der Waals surface area contributed by atoms with Crippen LogP contribution < -0.4 is 4.74 Å². The lowest BCUT2D eigenvalue weighted by atomic mass is 10.2. The van der Waals surface area contributed by atoms with E-state index in [1.807, 2.05) is 13.0 Å². The molecule has 0 aliphatic rings.